The van der Waals surface area contributed by atoms with E-state index in [2.05, 4.69) is 38.7 Å². The van der Waals surface area contributed by atoms with Crippen molar-refractivity contribution in [3.63, 3.8) is 0 Å². The Labute approximate surface area is 161 Å². The predicted octanol–water partition coefficient (Wildman–Crippen LogP) is 2.70. The molecule has 2 N–H and O–H groups in total. The summed E-state index contributed by atoms with van der Waals surface area (Å²) in [6.45, 7) is 4.82. The molecule has 1 aliphatic heterocycles. The van der Waals surface area contributed by atoms with Crippen LogP contribution in [0.15, 0.2) is 49.3 Å². The molecule has 1 fully saturated rings. The molecule has 0 bridgehead atoms. The Balaban J connectivity index is 1.55. The number of benzene rings is 1. The highest BCUT2D eigenvalue weighted by Crippen LogP contribution is 2.23. The monoisotopic (exact) mass is 375 g/mol. The maximum absolute atomic E-state index is 13.3. The van der Waals surface area contributed by atoms with Crippen LogP contribution in [0.4, 0.5) is 10.2 Å². The molecule has 4 rings (SSSR count). The van der Waals surface area contributed by atoms with E-state index in [0.717, 1.165) is 11.8 Å². The molecule has 1 atom stereocenters. The van der Waals surface area contributed by atoms with Crippen molar-refractivity contribution in [3.8, 4) is 11.8 Å². The number of rotatable bonds is 3. The van der Waals surface area contributed by atoms with Crippen molar-refractivity contribution in [2.24, 2.45) is 0 Å². The van der Waals surface area contributed by atoms with Crippen molar-refractivity contribution in [1.82, 2.24) is 19.9 Å². The zero-order valence-corrected chi connectivity index (χ0v) is 15.1. The van der Waals surface area contributed by atoms with E-state index in [9.17, 15) is 9.18 Å². The minimum absolute atomic E-state index is 0.0614. The summed E-state index contributed by atoms with van der Waals surface area (Å²) in [7, 11) is 0. The molecular formula is C21H18FN5O. The number of aromatic nitrogens is 3. The largest absolute Gasteiger partial charge is 0.365 e. The first-order valence-electron chi connectivity index (χ1n) is 8.91. The number of hydrogen-bond acceptors (Lipinski definition) is 4. The Morgan fingerprint density at radius 1 is 1.36 bits per heavy atom. The number of likely N-dealkylation sites (tertiary alicyclic amines) is 1. The topological polar surface area (TPSA) is 73.9 Å². The molecule has 28 heavy (non-hydrogen) atoms. The lowest BCUT2D eigenvalue weighted by molar-refractivity contribution is -0.125. The maximum Gasteiger partial charge on any atom is 0.246 e. The molecule has 1 aliphatic rings. The quantitative estimate of drug-likeness (QED) is 0.545. The Morgan fingerprint density at radius 2 is 2.25 bits per heavy atom. The minimum Gasteiger partial charge on any atom is -0.365 e. The molecule has 1 saturated heterocycles. The molecule has 0 saturated carbocycles. The summed E-state index contributed by atoms with van der Waals surface area (Å²) in [5.74, 6) is 6.25. The van der Waals surface area contributed by atoms with Crippen molar-refractivity contribution in [2.45, 2.75) is 12.5 Å². The van der Waals surface area contributed by atoms with Gasteiger partial charge < -0.3 is 15.2 Å². The number of carbonyl (C=O) groups excluding carboxylic acids is 1. The van der Waals surface area contributed by atoms with Gasteiger partial charge in [-0.2, -0.15) is 0 Å². The van der Waals surface area contributed by atoms with Crippen molar-refractivity contribution in [2.75, 3.05) is 18.4 Å². The zero-order valence-electron chi connectivity index (χ0n) is 15.1. The molecule has 1 aromatic carbocycles. The molecule has 2 aromatic heterocycles. The van der Waals surface area contributed by atoms with Crippen LogP contribution in [0, 0.1) is 17.7 Å². The standard InChI is InChI=1S/C21H18FN5O/c1-2-19(28)27-9-8-17(12-27)26-21-18-11-16(25-20(18)23-13-24-21)7-6-14-4-3-5-15(22)10-14/h2-5,10-11,13,17H,1,8-9,12H2,(H2,23,24,25,26). The van der Waals surface area contributed by atoms with Gasteiger partial charge in [-0.25, -0.2) is 14.4 Å². The second kappa shape index (κ2) is 7.53. The lowest BCUT2D eigenvalue weighted by Crippen LogP contribution is -2.30. The Hall–Kier alpha value is -3.66. The molecular weight excluding hydrogens is 357 g/mol. The number of aromatic amines is 1. The first-order valence-corrected chi connectivity index (χ1v) is 8.91. The number of amides is 1. The van der Waals surface area contributed by atoms with Crippen molar-refractivity contribution < 1.29 is 9.18 Å². The number of carbonyl (C=O) groups is 1. The number of nitrogens with zero attached hydrogens (tertiary/aromatic N) is 3. The Morgan fingerprint density at radius 3 is 3.07 bits per heavy atom. The van der Waals surface area contributed by atoms with E-state index >= 15 is 0 Å². The molecule has 140 valence electrons. The third-order valence-electron chi connectivity index (χ3n) is 4.61. The molecule has 1 amide bonds. The molecule has 0 aliphatic carbocycles. The van der Waals surface area contributed by atoms with Crippen LogP contribution < -0.4 is 5.32 Å². The normalized spacial score (nSPS) is 15.9. The average Bonchev–Trinajstić information content (AvgIpc) is 3.33. The van der Waals surface area contributed by atoms with Gasteiger partial charge in [-0.05, 0) is 42.7 Å². The number of anilines is 1. The van der Waals surface area contributed by atoms with Gasteiger partial charge in [0.2, 0.25) is 5.91 Å². The Kier molecular flexibility index (Phi) is 4.77. The summed E-state index contributed by atoms with van der Waals surface area (Å²) in [6, 6.07) is 8.12. The van der Waals surface area contributed by atoms with Crippen LogP contribution in [-0.4, -0.2) is 44.9 Å². The third-order valence-corrected chi connectivity index (χ3v) is 4.61. The molecule has 6 nitrogen and oxygen atoms in total. The summed E-state index contributed by atoms with van der Waals surface area (Å²) in [5.41, 5.74) is 1.93. The van der Waals surface area contributed by atoms with E-state index in [1.54, 1.807) is 17.0 Å². The second-order valence-electron chi connectivity index (χ2n) is 6.55. The third kappa shape index (κ3) is 3.71. The first kappa shape index (κ1) is 17.7. The summed E-state index contributed by atoms with van der Waals surface area (Å²) in [6.07, 6.45) is 3.65. The fourth-order valence-corrected chi connectivity index (χ4v) is 3.23. The van der Waals surface area contributed by atoms with Crippen molar-refractivity contribution in [1.29, 1.82) is 0 Å². The van der Waals surface area contributed by atoms with Crippen LogP contribution in [0.2, 0.25) is 0 Å². The van der Waals surface area contributed by atoms with Gasteiger partial charge in [0.25, 0.3) is 0 Å². The summed E-state index contributed by atoms with van der Waals surface area (Å²) >= 11 is 0. The maximum atomic E-state index is 13.3. The van der Waals surface area contributed by atoms with Gasteiger partial charge in [-0.3, -0.25) is 4.79 Å². The second-order valence-corrected chi connectivity index (χ2v) is 6.55. The first-order chi connectivity index (χ1) is 13.6. The van der Waals surface area contributed by atoms with Gasteiger partial charge in [0, 0.05) is 24.7 Å². The minimum atomic E-state index is -0.318. The molecule has 0 spiro atoms. The van der Waals surface area contributed by atoms with Crippen LogP contribution in [0.25, 0.3) is 11.0 Å². The van der Waals surface area contributed by atoms with Crippen LogP contribution >= 0.6 is 0 Å². The van der Waals surface area contributed by atoms with E-state index < -0.39 is 0 Å². The van der Waals surface area contributed by atoms with Crippen LogP contribution in [0.5, 0.6) is 0 Å². The van der Waals surface area contributed by atoms with Gasteiger partial charge in [-0.15, -0.1) is 0 Å². The molecule has 0 radical (unpaired) electrons. The fourth-order valence-electron chi connectivity index (χ4n) is 3.23. The smallest absolute Gasteiger partial charge is 0.246 e. The van der Waals surface area contributed by atoms with Crippen LogP contribution in [-0.2, 0) is 4.79 Å². The van der Waals surface area contributed by atoms with Gasteiger partial charge >= 0.3 is 0 Å². The lowest BCUT2D eigenvalue weighted by Gasteiger charge is -2.15. The van der Waals surface area contributed by atoms with Gasteiger partial charge in [0.15, 0.2) is 0 Å². The van der Waals surface area contributed by atoms with E-state index in [-0.39, 0.29) is 17.8 Å². The van der Waals surface area contributed by atoms with E-state index in [1.807, 2.05) is 6.07 Å². The van der Waals surface area contributed by atoms with Gasteiger partial charge in [-0.1, -0.05) is 18.6 Å². The van der Waals surface area contributed by atoms with Gasteiger partial charge in [0.05, 0.1) is 11.1 Å². The highest BCUT2D eigenvalue weighted by Gasteiger charge is 2.25. The van der Waals surface area contributed by atoms with E-state index in [4.69, 9.17) is 0 Å². The summed E-state index contributed by atoms with van der Waals surface area (Å²) < 4.78 is 13.3. The van der Waals surface area contributed by atoms with E-state index in [1.165, 1.54) is 24.5 Å². The number of fused-ring (bicyclic) bond motifs is 1. The molecule has 3 aromatic rings. The highest BCUT2D eigenvalue weighted by molar-refractivity contribution is 5.89. The molecule has 3 heterocycles. The average molecular weight is 375 g/mol. The van der Waals surface area contributed by atoms with Crippen molar-refractivity contribution in [3.05, 3.63) is 66.4 Å². The van der Waals surface area contributed by atoms with Gasteiger partial charge in [0.1, 0.15) is 23.6 Å². The molecule has 7 heteroatoms. The number of H-pyrrole nitrogens is 1. The molecule has 1 unspecified atom stereocenters. The summed E-state index contributed by atoms with van der Waals surface area (Å²) in [5, 5.41) is 4.21. The lowest BCUT2D eigenvalue weighted by atomic mass is 10.2. The number of nitrogens with one attached hydrogen (secondary N) is 2. The van der Waals surface area contributed by atoms with E-state index in [0.29, 0.717) is 35.8 Å². The highest BCUT2D eigenvalue weighted by atomic mass is 19.1. The zero-order chi connectivity index (χ0) is 19.5. The Bertz CT molecular complexity index is 1110. The van der Waals surface area contributed by atoms with Crippen LogP contribution in [0.1, 0.15) is 17.7 Å². The fraction of sp³-hybridized carbons (Fsp3) is 0.190. The SMILES string of the molecule is C=CC(=O)N1CCC(Nc2ncnc3[nH]c(C#Cc4cccc(F)c4)cc23)C1. The summed E-state index contributed by atoms with van der Waals surface area (Å²) in [4.78, 5) is 25.2. The number of halogens is 1. The van der Waals surface area contributed by atoms with Crippen molar-refractivity contribution >= 4 is 22.8 Å². The number of hydrogen-bond donors (Lipinski definition) is 2. The predicted molar refractivity (Wildman–Crippen MR) is 105 cm³/mol. The van der Waals surface area contributed by atoms with Crippen LogP contribution in [0.3, 0.4) is 0 Å².